The van der Waals surface area contributed by atoms with Crippen LogP contribution in [0.15, 0.2) is 48.5 Å². The number of benzene rings is 2. The Morgan fingerprint density at radius 1 is 0.902 bits per heavy atom. The van der Waals surface area contributed by atoms with Gasteiger partial charge in [-0.2, -0.15) is 26.3 Å². The fourth-order valence-electron chi connectivity index (χ4n) is 5.11. The Bertz CT molecular complexity index is 1230. The standard InChI is InChI=1S/C28H28F7N3O3/c29-21-4-1-18(2-5-21)3-6-24(39)37-26(9-7-23(8-10-26)38-11-13-41-14-12-38)25(40)36-22-16-19(27(30,31)32)15-20(17-22)28(33,34)35/h1-6,15-17,23H,7-14H2,(H,36,40)(H,37,39)/b6-3+. The number of anilines is 1. The fourth-order valence-corrected chi connectivity index (χ4v) is 5.11. The molecule has 41 heavy (non-hydrogen) atoms. The first-order valence-electron chi connectivity index (χ1n) is 12.9. The SMILES string of the molecule is O=C(/C=C/c1ccc(F)cc1)NC1(C(=O)Nc2cc(C(F)(F)F)cc(C(F)(F)F)c2)CCC(N2CCOCC2)CC1. The average Bonchev–Trinajstić information content (AvgIpc) is 2.92. The molecule has 0 spiro atoms. The van der Waals surface area contributed by atoms with Crippen LogP contribution in [-0.4, -0.2) is 54.6 Å². The van der Waals surface area contributed by atoms with E-state index in [-0.39, 0.29) is 24.9 Å². The number of alkyl halides is 6. The number of morpholine rings is 1. The summed E-state index contributed by atoms with van der Waals surface area (Å²) in [4.78, 5) is 28.6. The summed E-state index contributed by atoms with van der Waals surface area (Å²) in [5, 5.41) is 4.85. The van der Waals surface area contributed by atoms with Crippen LogP contribution in [0.2, 0.25) is 0 Å². The highest BCUT2D eigenvalue weighted by Gasteiger charge is 2.45. The molecule has 13 heteroatoms. The molecule has 0 bridgehead atoms. The van der Waals surface area contributed by atoms with Crippen LogP contribution in [0.1, 0.15) is 42.4 Å². The van der Waals surface area contributed by atoms with Crippen molar-refractivity contribution in [1.82, 2.24) is 10.2 Å². The van der Waals surface area contributed by atoms with Gasteiger partial charge in [0, 0.05) is 30.9 Å². The van der Waals surface area contributed by atoms with Crippen LogP contribution in [0.3, 0.4) is 0 Å². The fraction of sp³-hybridized carbons (Fsp3) is 0.429. The van der Waals surface area contributed by atoms with Crippen molar-refractivity contribution in [2.24, 2.45) is 0 Å². The summed E-state index contributed by atoms with van der Waals surface area (Å²) in [6.45, 7) is 2.45. The lowest BCUT2D eigenvalue weighted by Gasteiger charge is -2.43. The van der Waals surface area contributed by atoms with Gasteiger partial charge in [-0.05, 0) is 67.7 Å². The molecule has 1 heterocycles. The quantitative estimate of drug-likeness (QED) is 0.339. The van der Waals surface area contributed by atoms with E-state index in [1.54, 1.807) is 0 Å². The Hall–Kier alpha value is -3.45. The maximum atomic E-state index is 13.6. The number of carbonyl (C=O) groups excluding carboxylic acids is 2. The number of hydrogen-bond donors (Lipinski definition) is 2. The van der Waals surface area contributed by atoms with Crippen LogP contribution in [0.5, 0.6) is 0 Å². The van der Waals surface area contributed by atoms with Gasteiger partial charge in [-0.15, -0.1) is 0 Å². The highest BCUT2D eigenvalue weighted by atomic mass is 19.4. The Labute approximate surface area is 231 Å². The molecule has 2 fully saturated rings. The van der Waals surface area contributed by atoms with Gasteiger partial charge in [0.25, 0.3) is 0 Å². The Kier molecular flexibility index (Phi) is 9.07. The van der Waals surface area contributed by atoms with Gasteiger partial charge in [-0.25, -0.2) is 4.39 Å². The van der Waals surface area contributed by atoms with Gasteiger partial charge in [0.05, 0.1) is 24.3 Å². The second-order valence-electron chi connectivity index (χ2n) is 10.1. The Morgan fingerprint density at radius 3 is 2.00 bits per heavy atom. The van der Waals surface area contributed by atoms with Gasteiger partial charge in [0.1, 0.15) is 11.4 Å². The normalized spacial score (nSPS) is 22.5. The lowest BCUT2D eigenvalue weighted by atomic mass is 9.77. The molecule has 2 aromatic rings. The number of rotatable bonds is 6. The molecule has 2 aromatic carbocycles. The van der Waals surface area contributed by atoms with Crippen LogP contribution < -0.4 is 10.6 Å². The van der Waals surface area contributed by atoms with Crippen molar-refractivity contribution < 1.29 is 45.1 Å². The van der Waals surface area contributed by atoms with E-state index in [0.29, 0.717) is 56.8 Å². The third-order valence-electron chi connectivity index (χ3n) is 7.31. The molecule has 0 radical (unpaired) electrons. The number of hydrogen-bond acceptors (Lipinski definition) is 4. The summed E-state index contributed by atoms with van der Waals surface area (Å²) < 4.78 is 98.7. The van der Waals surface area contributed by atoms with Crippen molar-refractivity contribution in [1.29, 1.82) is 0 Å². The Morgan fingerprint density at radius 2 is 1.46 bits per heavy atom. The highest BCUT2D eigenvalue weighted by molar-refractivity contribution is 6.03. The number of halogens is 7. The van der Waals surface area contributed by atoms with Gasteiger partial charge in [-0.1, -0.05) is 12.1 Å². The molecule has 0 aromatic heterocycles. The predicted molar refractivity (Wildman–Crippen MR) is 136 cm³/mol. The minimum absolute atomic E-state index is 0.0268. The zero-order valence-electron chi connectivity index (χ0n) is 21.7. The van der Waals surface area contributed by atoms with Gasteiger partial charge < -0.3 is 15.4 Å². The first-order chi connectivity index (χ1) is 19.2. The number of nitrogens with one attached hydrogen (secondary N) is 2. The largest absolute Gasteiger partial charge is 0.416 e. The highest BCUT2D eigenvalue weighted by Crippen LogP contribution is 2.38. The van der Waals surface area contributed by atoms with E-state index in [0.717, 1.165) is 6.08 Å². The second kappa shape index (κ2) is 12.2. The van der Waals surface area contributed by atoms with E-state index >= 15 is 0 Å². The summed E-state index contributed by atoms with van der Waals surface area (Å²) in [6, 6.07) is 6.15. The van der Waals surface area contributed by atoms with Crippen LogP contribution in [0, 0.1) is 5.82 Å². The summed E-state index contributed by atoms with van der Waals surface area (Å²) in [5.41, 5.74) is -4.93. The van der Waals surface area contributed by atoms with E-state index in [4.69, 9.17) is 4.74 Å². The molecule has 6 nitrogen and oxygen atoms in total. The maximum absolute atomic E-state index is 13.6. The van der Waals surface area contributed by atoms with Crippen molar-refractivity contribution in [2.75, 3.05) is 31.6 Å². The molecule has 2 amide bonds. The number of amides is 2. The first kappa shape index (κ1) is 30.5. The minimum Gasteiger partial charge on any atom is -0.379 e. The van der Waals surface area contributed by atoms with Crippen LogP contribution in [0.25, 0.3) is 6.08 Å². The summed E-state index contributed by atoms with van der Waals surface area (Å²) in [6.07, 6.45) is -6.56. The number of carbonyl (C=O) groups is 2. The molecule has 0 unspecified atom stereocenters. The van der Waals surface area contributed by atoms with Gasteiger partial charge in [0.15, 0.2) is 0 Å². The topological polar surface area (TPSA) is 70.7 Å². The zero-order chi connectivity index (χ0) is 29.8. The molecule has 2 aliphatic rings. The summed E-state index contributed by atoms with van der Waals surface area (Å²) in [7, 11) is 0. The molecular weight excluding hydrogens is 559 g/mol. The van der Waals surface area contributed by atoms with Crippen molar-refractivity contribution in [3.8, 4) is 0 Å². The molecule has 1 saturated heterocycles. The third-order valence-corrected chi connectivity index (χ3v) is 7.31. The lowest BCUT2D eigenvalue weighted by Crippen LogP contribution is -2.60. The third kappa shape index (κ3) is 7.85. The molecule has 2 N–H and O–H groups in total. The van der Waals surface area contributed by atoms with Crippen LogP contribution >= 0.6 is 0 Å². The minimum atomic E-state index is -5.09. The molecule has 1 aliphatic heterocycles. The van der Waals surface area contributed by atoms with Crippen molar-refractivity contribution >= 4 is 23.6 Å². The second-order valence-corrected chi connectivity index (χ2v) is 10.1. The first-order valence-corrected chi connectivity index (χ1v) is 12.9. The Balaban J connectivity index is 1.58. The van der Waals surface area contributed by atoms with E-state index in [1.807, 2.05) is 0 Å². The van der Waals surface area contributed by atoms with Crippen molar-refractivity contribution in [3.05, 3.63) is 71.0 Å². The number of nitrogens with zero attached hydrogens (tertiary/aromatic N) is 1. The zero-order valence-corrected chi connectivity index (χ0v) is 21.7. The average molecular weight is 588 g/mol. The lowest BCUT2D eigenvalue weighted by molar-refractivity contribution is -0.143. The smallest absolute Gasteiger partial charge is 0.379 e. The van der Waals surface area contributed by atoms with Gasteiger partial charge >= 0.3 is 12.4 Å². The molecule has 1 aliphatic carbocycles. The molecule has 1 saturated carbocycles. The van der Waals surface area contributed by atoms with Crippen molar-refractivity contribution in [3.63, 3.8) is 0 Å². The van der Waals surface area contributed by atoms with Gasteiger partial charge in [-0.3, -0.25) is 14.5 Å². The molecule has 4 rings (SSSR count). The van der Waals surface area contributed by atoms with E-state index < -0.39 is 52.3 Å². The summed E-state index contributed by atoms with van der Waals surface area (Å²) >= 11 is 0. The van der Waals surface area contributed by atoms with E-state index in [2.05, 4.69) is 15.5 Å². The van der Waals surface area contributed by atoms with E-state index in [1.165, 1.54) is 30.3 Å². The monoisotopic (exact) mass is 587 g/mol. The van der Waals surface area contributed by atoms with Crippen molar-refractivity contribution in [2.45, 2.75) is 49.6 Å². The molecule has 0 atom stereocenters. The summed E-state index contributed by atoms with van der Waals surface area (Å²) in [5.74, 6) is -2.09. The van der Waals surface area contributed by atoms with Gasteiger partial charge in [0.2, 0.25) is 11.8 Å². The maximum Gasteiger partial charge on any atom is 0.416 e. The number of ether oxygens (including phenoxy) is 1. The molecule has 222 valence electrons. The van der Waals surface area contributed by atoms with E-state index in [9.17, 15) is 40.3 Å². The van der Waals surface area contributed by atoms with Crippen LogP contribution in [-0.2, 0) is 26.7 Å². The predicted octanol–water partition coefficient (Wildman–Crippen LogP) is 5.65. The van der Waals surface area contributed by atoms with Crippen LogP contribution in [0.4, 0.5) is 36.4 Å². The molecular formula is C28H28F7N3O3.